The Morgan fingerprint density at radius 2 is 1.85 bits per heavy atom. The first-order chi connectivity index (χ1) is 13.1. The largest absolute Gasteiger partial charge is 0.494 e. The summed E-state index contributed by atoms with van der Waals surface area (Å²) in [7, 11) is 0. The predicted octanol–water partition coefficient (Wildman–Crippen LogP) is 4.01. The van der Waals surface area contributed by atoms with Gasteiger partial charge < -0.3 is 10.1 Å². The predicted molar refractivity (Wildman–Crippen MR) is 108 cm³/mol. The van der Waals surface area contributed by atoms with Gasteiger partial charge in [0.15, 0.2) is 5.16 Å². The van der Waals surface area contributed by atoms with Crippen molar-refractivity contribution in [3.05, 3.63) is 59.9 Å². The maximum absolute atomic E-state index is 12.3. The van der Waals surface area contributed by atoms with Gasteiger partial charge in [0.05, 0.1) is 12.4 Å². The number of amides is 1. The van der Waals surface area contributed by atoms with Crippen LogP contribution in [0.2, 0.25) is 0 Å². The number of rotatable bonds is 7. The minimum absolute atomic E-state index is 0.0757. The molecule has 6 nitrogen and oxygen atoms in total. The molecule has 0 radical (unpaired) electrons. The first-order valence-electron chi connectivity index (χ1n) is 8.72. The molecule has 0 atom stereocenters. The molecule has 0 bridgehead atoms. The Morgan fingerprint density at radius 1 is 1.11 bits per heavy atom. The van der Waals surface area contributed by atoms with E-state index in [1.807, 2.05) is 73.9 Å². The van der Waals surface area contributed by atoms with E-state index in [4.69, 9.17) is 4.74 Å². The fraction of sp³-hybridized carbons (Fsp3) is 0.250. The number of hydrogen-bond donors (Lipinski definition) is 1. The van der Waals surface area contributed by atoms with E-state index < -0.39 is 0 Å². The van der Waals surface area contributed by atoms with Crippen molar-refractivity contribution in [2.24, 2.45) is 0 Å². The third kappa shape index (κ3) is 4.68. The Morgan fingerprint density at radius 3 is 2.56 bits per heavy atom. The number of carbonyl (C=O) groups is 1. The Balaban J connectivity index is 1.69. The highest BCUT2D eigenvalue weighted by Crippen LogP contribution is 2.24. The molecule has 1 heterocycles. The second-order valence-electron chi connectivity index (χ2n) is 5.94. The molecule has 7 heteroatoms. The maximum Gasteiger partial charge on any atom is 0.234 e. The van der Waals surface area contributed by atoms with Crippen LogP contribution in [-0.4, -0.2) is 33.0 Å². The van der Waals surface area contributed by atoms with Gasteiger partial charge in [0.25, 0.3) is 0 Å². The number of aryl methyl sites for hydroxylation is 2. The van der Waals surface area contributed by atoms with Crippen molar-refractivity contribution in [1.29, 1.82) is 0 Å². The zero-order valence-corrected chi connectivity index (χ0v) is 16.4. The first kappa shape index (κ1) is 19.0. The molecule has 0 saturated heterocycles. The Kier molecular flexibility index (Phi) is 6.13. The van der Waals surface area contributed by atoms with Crippen LogP contribution < -0.4 is 10.1 Å². The van der Waals surface area contributed by atoms with Crippen LogP contribution in [-0.2, 0) is 4.79 Å². The average Bonchev–Trinajstić information content (AvgIpc) is 3.03. The molecular weight excluding hydrogens is 360 g/mol. The van der Waals surface area contributed by atoms with Crippen LogP contribution in [0.5, 0.6) is 5.75 Å². The number of ether oxygens (including phenoxy) is 1. The normalized spacial score (nSPS) is 10.6. The van der Waals surface area contributed by atoms with Crippen LogP contribution in [0.15, 0.2) is 53.7 Å². The molecule has 0 spiro atoms. The number of para-hydroxylation sites is 1. The Labute approximate surface area is 163 Å². The second kappa shape index (κ2) is 8.73. The Hall–Kier alpha value is -2.80. The molecule has 1 amide bonds. The molecule has 0 aliphatic heterocycles. The summed E-state index contributed by atoms with van der Waals surface area (Å²) < 4.78 is 7.42. The summed E-state index contributed by atoms with van der Waals surface area (Å²) in [4.78, 5) is 12.3. The maximum atomic E-state index is 12.3. The lowest BCUT2D eigenvalue weighted by atomic mass is 10.2. The second-order valence-corrected chi connectivity index (χ2v) is 6.89. The lowest BCUT2D eigenvalue weighted by Crippen LogP contribution is -2.15. The van der Waals surface area contributed by atoms with Crippen molar-refractivity contribution in [3.63, 3.8) is 0 Å². The zero-order chi connectivity index (χ0) is 19.2. The fourth-order valence-electron chi connectivity index (χ4n) is 2.62. The average molecular weight is 382 g/mol. The van der Waals surface area contributed by atoms with Crippen molar-refractivity contribution in [2.45, 2.75) is 25.9 Å². The van der Waals surface area contributed by atoms with E-state index >= 15 is 0 Å². The number of nitrogens with one attached hydrogen (secondary N) is 1. The van der Waals surface area contributed by atoms with Crippen molar-refractivity contribution >= 4 is 23.4 Å². The van der Waals surface area contributed by atoms with E-state index in [-0.39, 0.29) is 11.7 Å². The SMILES string of the molecule is CCOc1ccc(-n2c(C)nnc2SCC(=O)Nc2ccccc2C)cc1. The van der Waals surface area contributed by atoms with E-state index in [2.05, 4.69) is 15.5 Å². The number of benzene rings is 2. The quantitative estimate of drug-likeness (QED) is 0.625. The zero-order valence-electron chi connectivity index (χ0n) is 15.6. The van der Waals surface area contributed by atoms with Crippen LogP contribution in [0, 0.1) is 13.8 Å². The van der Waals surface area contributed by atoms with Gasteiger partial charge in [-0.2, -0.15) is 0 Å². The van der Waals surface area contributed by atoms with E-state index in [1.165, 1.54) is 11.8 Å². The summed E-state index contributed by atoms with van der Waals surface area (Å²) in [5.41, 5.74) is 2.79. The van der Waals surface area contributed by atoms with Crippen LogP contribution >= 0.6 is 11.8 Å². The highest BCUT2D eigenvalue weighted by molar-refractivity contribution is 7.99. The van der Waals surface area contributed by atoms with Gasteiger partial charge in [0.2, 0.25) is 5.91 Å². The number of thioether (sulfide) groups is 1. The molecular formula is C20H22N4O2S. The molecule has 3 aromatic rings. The molecule has 27 heavy (non-hydrogen) atoms. The fourth-order valence-corrected chi connectivity index (χ4v) is 3.42. The number of hydrogen-bond acceptors (Lipinski definition) is 5. The molecule has 1 aromatic heterocycles. The van der Waals surface area contributed by atoms with Gasteiger partial charge in [-0.1, -0.05) is 30.0 Å². The molecule has 0 aliphatic rings. The van der Waals surface area contributed by atoms with Gasteiger partial charge in [0.1, 0.15) is 11.6 Å². The molecule has 0 saturated carbocycles. The minimum atomic E-state index is -0.0757. The topological polar surface area (TPSA) is 69.0 Å². The van der Waals surface area contributed by atoms with Gasteiger partial charge >= 0.3 is 0 Å². The lowest BCUT2D eigenvalue weighted by molar-refractivity contribution is -0.113. The highest BCUT2D eigenvalue weighted by Gasteiger charge is 2.14. The molecule has 0 aliphatic carbocycles. The van der Waals surface area contributed by atoms with Gasteiger partial charge in [-0.05, 0) is 56.7 Å². The van der Waals surface area contributed by atoms with Crippen molar-refractivity contribution < 1.29 is 9.53 Å². The Bertz CT molecular complexity index is 922. The minimum Gasteiger partial charge on any atom is -0.494 e. The summed E-state index contributed by atoms with van der Waals surface area (Å²) in [6, 6.07) is 15.5. The number of carbonyl (C=O) groups excluding carboxylic acids is 1. The number of anilines is 1. The monoisotopic (exact) mass is 382 g/mol. The van der Waals surface area contributed by atoms with Gasteiger partial charge in [-0.25, -0.2) is 0 Å². The third-order valence-corrected chi connectivity index (χ3v) is 4.88. The summed E-state index contributed by atoms with van der Waals surface area (Å²) in [5.74, 6) is 1.76. The summed E-state index contributed by atoms with van der Waals surface area (Å²) >= 11 is 1.36. The molecule has 0 unspecified atom stereocenters. The van der Waals surface area contributed by atoms with Gasteiger partial charge in [0, 0.05) is 11.4 Å². The van der Waals surface area contributed by atoms with E-state index in [9.17, 15) is 4.79 Å². The highest BCUT2D eigenvalue weighted by atomic mass is 32.2. The summed E-state index contributed by atoms with van der Waals surface area (Å²) in [6.07, 6.45) is 0. The van der Waals surface area contributed by atoms with E-state index in [1.54, 1.807) is 0 Å². The number of nitrogens with zero attached hydrogens (tertiary/aromatic N) is 3. The summed E-state index contributed by atoms with van der Waals surface area (Å²) in [6.45, 7) is 6.44. The first-order valence-corrected chi connectivity index (χ1v) is 9.70. The lowest BCUT2D eigenvalue weighted by Gasteiger charge is -2.10. The third-order valence-electron chi connectivity index (χ3n) is 3.95. The van der Waals surface area contributed by atoms with E-state index in [0.717, 1.165) is 28.5 Å². The smallest absolute Gasteiger partial charge is 0.234 e. The summed E-state index contributed by atoms with van der Waals surface area (Å²) in [5, 5.41) is 12.0. The number of aromatic nitrogens is 3. The van der Waals surface area contributed by atoms with Crippen LogP contribution in [0.1, 0.15) is 18.3 Å². The van der Waals surface area contributed by atoms with Gasteiger partial charge in [-0.15, -0.1) is 10.2 Å². The van der Waals surface area contributed by atoms with E-state index in [0.29, 0.717) is 11.8 Å². The molecule has 1 N–H and O–H groups in total. The van der Waals surface area contributed by atoms with Crippen molar-refractivity contribution in [2.75, 3.05) is 17.7 Å². The molecule has 0 fully saturated rings. The molecule has 3 rings (SSSR count). The van der Waals surface area contributed by atoms with Gasteiger partial charge in [-0.3, -0.25) is 9.36 Å². The molecule has 140 valence electrons. The van der Waals surface area contributed by atoms with Crippen molar-refractivity contribution in [1.82, 2.24) is 14.8 Å². The van der Waals surface area contributed by atoms with Crippen LogP contribution in [0.3, 0.4) is 0 Å². The van der Waals surface area contributed by atoms with Crippen molar-refractivity contribution in [3.8, 4) is 11.4 Å². The van der Waals surface area contributed by atoms with Crippen LogP contribution in [0.25, 0.3) is 5.69 Å². The standard InChI is InChI=1S/C20H22N4O2S/c1-4-26-17-11-9-16(10-12-17)24-15(3)22-23-20(24)27-13-19(25)21-18-8-6-5-7-14(18)2/h5-12H,4,13H2,1-3H3,(H,21,25). The molecule has 2 aromatic carbocycles. The van der Waals surface area contributed by atoms with Crippen LogP contribution in [0.4, 0.5) is 5.69 Å².